The molecule has 0 amide bonds. The fraction of sp³-hybridized carbons (Fsp3) is 0.697. The lowest BCUT2D eigenvalue weighted by Crippen LogP contribution is -2.25. The molecule has 0 aromatic heterocycles. The number of hydrogen-bond acceptors (Lipinski definition) is 1. The lowest BCUT2D eigenvalue weighted by molar-refractivity contribution is 0.156. The Morgan fingerprint density at radius 1 is 0.778 bits per heavy atom. The Morgan fingerprint density at radius 2 is 1.39 bits per heavy atom. The van der Waals surface area contributed by atoms with Crippen LogP contribution in [0.3, 0.4) is 0 Å². The maximum atomic E-state index is 14.7. The number of halogens is 2. The molecule has 0 spiro atoms. The molecule has 3 aliphatic rings. The van der Waals surface area contributed by atoms with Gasteiger partial charge in [0, 0.05) is 0 Å². The Hall–Kier alpha value is -1.64. The van der Waals surface area contributed by atoms with E-state index in [1.807, 2.05) is 0 Å². The number of ether oxygens (including phenoxy) is 1. The fourth-order valence-electron chi connectivity index (χ4n) is 7.40. The molecular formula is C33H48F2O. The summed E-state index contributed by atoms with van der Waals surface area (Å²) in [6, 6.07) is 3.36. The summed E-state index contributed by atoms with van der Waals surface area (Å²) in [5.41, 5.74) is 0.553. The summed E-state index contributed by atoms with van der Waals surface area (Å²) >= 11 is 0. The highest BCUT2D eigenvalue weighted by Gasteiger charge is 2.32. The predicted molar refractivity (Wildman–Crippen MR) is 146 cm³/mol. The summed E-state index contributed by atoms with van der Waals surface area (Å²) in [5, 5.41) is 0. The van der Waals surface area contributed by atoms with Gasteiger partial charge in [0.1, 0.15) is 0 Å². The smallest absolute Gasteiger partial charge is 0.200 e. The van der Waals surface area contributed by atoms with Crippen LogP contribution in [-0.2, 0) is 0 Å². The van der Waals surface area contributed by atoms with E-state index in [9.17, 15) is 8.78 Å². The van der Waals surface area contributed by atoms with Gasteiger partial charge in [-0.1, -0.05) is 43.2 Å². The van der Waals surface area contributed by atoms with Crippen LogP contribution < -0.4 is 4.74 Å². The first-order valence-corrected chi connectivity index (χ1v) is 15.0. The molecule has 3 heteroatoms. The van der Waals surface area contributed by atoms with Gasteiger partial charge in [-0.25, -0.2) is 4.39 Å². The van der Waals surface area contributed by atoms with E-state index in [1.54, 1.807) is 19.1 Å². The minimum Gasteiger partial charge on any atom is -0.491 e. The van der Waals surface area contributed by atoms with E-state index in [0.717, 1.165) is 55.3 Å². The monoisotopic (exact) mass is 498 g/mol. The average molecular weight is 499 g/mol. The van der Waals surface area contributed by atoms with Crippen molar-refractivity contribution < 1.29 is 13.5 Å². The van der Waals surface area contributed by atoms with Crippen molar-refractivity contribution in [3.63, 3.8) is 0 Å². The van der Waals surface area contributed by atoms with E-state index in [0.29, 0.717) is 12.2 Å². The Labute approximate surface area is 218 Å². The van der Waals surface area contributed by atoms with Crippen LogP contribution in [0.4, 0.5) is 8.78 Å². The van der Waals surface area contributed by atoms with Gasteiger partial charge in [0.25, 0.3) is 0 Å². The molecule has 0 bridgehead atoms. The summed E-state index contributed by atoms with van der Waals surface area (Å²) < 4.78 is 34.2. The number of hydrogen-bond donors (Lipinski definition) is 0. The van der Waals surface area contributed by atoms with Gasteiger partial charge in [-0.3, -0.25) is 0 Å². The van der Waals surface area contributed by atoms with Crippen LogP contribution in [0.15, 0.2) is 36.4 Å². The van der Waals surface area contributed by atoms with E-state index in [2.05, 4.69) is 31.2 Å². The summed E-state index contributed by atoms with van der Waals surface area (Å²) in [7, 11) is 0. The zero-order valence-electron chi connectivity index (χ0n) is 22.7. The Morgan fingerprint density at radius 3 is 2.00 bits per heavy atom. The zero-order chi connectivity index (χ0) is 25.3. The van der Waals surface area contributed by atoms with Gasteiger partial charge in [-0.2, -0.15) is 4.39 Å². The highest BCUT2D eigenvalue weighted by atomic mass is 19.2. The molecule has 0 N–H and O–H groups in total. The molecule has 1 nitrogen and oxygen atoms in total. The van der Waals surface area contributed by atoms with E-state index in [4.69, 9.17) is 4.74 Å². The van der Waals surface area contributed by atoms with Crippen LogP contribution >= 0.6 is 0 Å². The second-order valence-electron chi connectivity index (χ2n) is 11.8. The van der Waals surface area contributed by atoms with Crippen LogP contribution in [-0.4, -0.2) is 6.61 Å². The molecule has 36 heavy (non-hydrogen) atoms. The molecule has 4 rings (SSSR count). The SMILES string of the molecule is C/C=C/C1CCC(/C=C/CCC2CCC(C3CCC(c4ccc(OCC)c(F)c4F)CC3)CC2)CC1. The lowest BCUT2D eigenvalue weighted by atomic mass is 9.68. The summed E-state index contributed by atoms with van der Waals surface area (Å²) in [6.45, 7) is 4.27. The quantitative estimate of drug-likeness (QED) is 0.308. The normalized spacial score (nSPS) is 31.8. The van der Waals surface area contributed by atoms with Gasteiger partial charge in [0.05, 0.1) is 6.61 Å². The van der Waals surface area contributed by atoms with Crippen molar-refractivity contribution >= 4 is 0 Å². The third-order valence-electron chi connectivity index (χ3n) is 9.58. The highest BCUT2D eigenvalue weighted by Crippen LogP contribution is 2.45. The molecule has 0 aliphatic heterocycles. The van der Waals surface area contributed by atoms with Crippen LogP contribution in [0.1, 0.15) is 115 Å². The third kappa shape index (κ3) is 7.23. The molecule has 0 atom stereocenters. The van der Waals surface area contributed by atoms with E-state index in [1.165, 1.54) is 64.2 Å². The van der Waals surface area contributed by atoms with E-state index < -0.39 is 11.6 Å². The molecule has 0 unspecified atom stereocenters. The van der Waals surface area contributed by atoms with Gasteiger partial charge in [0.15, 0.2) is 11.6 Å². The Bertz CT molecular complexity index is 851. The van der Waals surface area contributed by atoms with E-state index in [-0.39, 0.29) is 11.7 Å². The standard InChI is InChI=1S/C33H48F2O/c1-3-7-24-10-12-25(13-11-24)8-5-6-9-26-14-16-27(17-15-26)28-18-20-29(21-19-28)30-22-23-31(36-4-2)33(35)32(30)34/h3,5,7-8,22-29H,4,6,9-21H2,1-2H3/b7-3+,8-5+. The van der Waals surface area contributed by atoms with Crippen LogP contribution in [0, 0.1) is 41.2 Å². The minimum absolute atomic E-state index is 0.0342. The first-order chi connectivity index (χ1) is 17.6. The zero-order valence-corrected chi connectivity index (χ0v) is 22.7. The maximum absolute atomic E-state index is 14.7. The number of benzene rings is 1. The van der Waals surface area contributed by atoms with Crippen LogP contribution in [0.5, 0.6) is 5.75 Å². The maximum Gasteiger partial charge on any atom is 0.200 e. The molecule has 200 valence electrons. The molecule has 3 saturated carbocycles. The molecular weight excluding hydrogens is 450 g/mol. The molecule has 3 aliphatic carbocycles. The first kappa shape index (κ1) is 27.4. The summed E-state index contributed by atoms with van der Waals surface area (Å²) in [6.07, 6.45) is 27.4. The third-order valence-corrected chi connectivity index (χ3v) is 9.58. The van der Waals surface area contributed by atoms with Gasteiger partial charge >= 0.3 is 0 Å². The topological polar surface area (TPSA) is 9.23 Å². The summed E-state index contributed by atoms with van der Waals surface area (Å²) in [4.78, 5) is 0. The van der Waals surface area contributed by atoms with E-state index >= 15 is 0 Å². The molecule has 0 radical (unpaired) electrons. The van der Waals surface area contributed by atoms with Crippen molar-refractivity contribution in [1.82, 2.24) is 0 Å². The largest absolute Gasteiger partial charge is 0.491 e. The minimum atomic E-state index is -0.818. The Kier molecular flexibility index (Phi) is 10.5. The summed E-state index contributed by atoms with van der Waals surface area (Å²) in [5.74, 6) is 2.81. The fourth-order valence-corrected chi connectivity index (χ4v) is 7.40. The van der Waals surface area contributed by atoms with Crippen LogP contribution in [0.2, 0.25) is 0 Å². The van der Waals surface area contributed by atoms with Crippen LogP contribution in [0.25, 0.3) is 0 Å². The first-order valence-electron chi connectivity index (χ1n) is 15.0. The predicted octanol–water partition coefficient (Wildman–Crippen LogP) is 10.2. The molecule has 0 saturated heterocycles. The second-order valence-corrected chi connectivity index (χ2v) is 11.8. The molecule has 0 heterocycles. The van der Waals surface area contributed by atoms with Crippen molar-refractivity contribution in [3.05, 3.63) is 53.6 Å². The number of rotatable bonds is 9. The van der Waals surface area contributed by atoms with Crippen molar-refractivity contribution in [1.29, 1.82) is 0 Å². The molecule has 3 fully saturated rings. The van der Waals surface area contributed by atoms with Crippen molar-refractivity contribution in [3.8, 4) is 5.75 Å². The van der Waals surface area contributed by atoms with Crippen molar-refractivity contribution in [2.45, 2.75) is 110 Å². The Balaban J connectivity index is 1.14. The van der Waals surface area contributed by atoms with Crippen molar-refractivity contribution in [2.24, 2.45) is 29.6 Å². The second kappa shape index (κ2) is 13.8. The van der Waals surface area contributed by atoms with Gasteiger partial charge in [-0.15, -0.1) is 0 Å². The number of allylic oxidation sites excluding steroid dienone is 4. The van der Waals surface area contributed by atoms with Gasteiger partial charge in [-0.05, 0) is 138 Å². The van der Waals surface area contributed by atoms with Crippen molar-refractivity contribution in [2.75, 3.05) is 6.61 Å². The average Bonchev–Trinajstić information content (AvgIpc) is 2.91. The lowest BCUT2D eigenvalue weighted by Gasteiger charge is -2.38. The molecule has 1 aromatic carbocycles. The molecule has 1 aromatic rings. The van der Waals surface area contributed by atoms with Gasteiger partial charge in [0.2, 0.25) is 5.82 Å². The highest BCUT2D eigenvalue weighted by molar-refractivity contribution is 5.33. The van der Waals surface area contributed by atoms with Gasteiger partial charge < -0.3 is 4.74 Å².